The minimum Gasteiger partial charge on any atom is -0.465 e. The van der Waals surface area contributed by atoms with Crippen LogP contribution in [0.2, 0.25) is 0 Å². The predicted molar refractivity (Wildman–Crippen MR) is 85.7 cm³/mol. The van der Waals surface area contributed by atoms with Gasteiger partial charge >= 0.3 is 11.7 Å². The Morgan fingerprint density at radius 3 is 2.73 bits per heavy atom. The first-order valence-corrected chi connectivity index (χ1v) is 8.44. The molecule has 10 heteroatoms. The Balaban J connectivity index is 2.09. The normalized spacial score (nSPS) is 25.4. The number of aromatic nitrogens is 2. The van der Waals surface area contributed by atoms with Crippen LogP contribution < -0.4 is 5.69 Å². The predicted octanol–water partition coefficient (Wildman–Crippen LogP) is -0.730. The fourth-order valence-corrected chi connectivity index (χ4v) is 2.62. The summed E-state index contributed by atoms with van der Waals surface area (Å²) in [5, 5.41) is 28.7. The van der Waals surface area contributed by atoms with Gasteiger partial charge in [-0.05, 0) is 6.42 Å². The summed E-state index contributed by atoms with van der Waals surface area (Å²) in [5.41, 5.74) is -1.34. The summed E-state index contributed by atoms with van der Waals surface area (Å²) in [6.45, 7) is 1.64. The average Bonchev–Trinajstić information content (AvgIpc) is 2.89. The Morgan fingerprint density at radius 2 is 2.12 bits per heavy atom. The molecule has 1 saturated heterocycles. The summed E-state index contributed by atoms with van der Waals surface area (Å²) in [6.07, 6.45) is -2.66. The van der Waals surface area contributed by atoms with Gasteiger partial charge in [0.25, 0.3) is 0 Å². The lowest BCUT2D eigenvalue weighted by molar-refractivity contribution is -0.143. The van der Waals surface area contributed by atoms with Gasteiger partial charge in [0.1, 0.15) is 18.3 Å². The van der Waals surface area contributed by atoms with Gasteiger partial charge in [0.05, 0.1) is 25.3 Å². The molecule has 0 aromatic carbocycles. The maximum Gasteiger partial charge on any atom is 0.350 e. The summed E-state index contributed by atoms with van der Waals surface area (Å²) in [6, 6.07) is 0. The zero-order valence-electron chi connectivity index (χ0n) is 14.4. The molecule has 0 saturated carbocycles. The van der Waals surface area contributed by atoms with Crippen molar-refractivity contribution in [3.05, 3.63) is 28.2 Å². The van der Waals surface area contributed by atoms with Crippen molar-refractivity contribution in [1.82, 2.24) is 9.55 Å². The summed E-state index contributed by atoms with van der Waals surface area (Å²) < 4.78 is 25.0. The van der Waals surface area contributed by atoms with Crippen LogP contribution in [0.3, 0.4) is 0 Å². The van der Waals surface area contributed by atoms with Gasteiger partial charge in [-0.1, -0.05) is 19.8 Å². The second-order valence-corrected chi connectivity index (χ2v) is 6.06. The highest BCUT2D eigenvalue weighted by molar-refractivity contribution is 5.71. The van der Waals surface area contributed by atoms with E-state index >= 15 is 0 Å². The van der Waals surface area contributed by atoms with Crippen LogP contribution >= 0.6 is 0 Å². The van der Waals surface area contributed by atoms with E-state index in [0.29, 0.717) is 11.0 Å². The van der Waals surface area contributed by atoms with Crippen molar-refractivity contribution in [3.63, 3.8) is 0 Å². The Labute approximate surface area is 149 Å². The van der Waals surface area contributed by atoms with E-state index in [2.05, 4.69) is 4.98 Å². The molecule has 146 valence electrons. The fourth-order valence-electron chi connectivity index (χ4n) is 2.62. The van der Waals surface area contributed by atoms with Crippen molar-refractivity contribution < 1.29 is 34.0 Å². The molecule has 1 aromatic rings. The van der Waals surface area contributed by atoms with Crippen molar-refractivity contribution in [2.45, 2.75) is 57.1 Å². The maximum atomic E-state index is 14.2. The van der Waals surface area contributed by atoms with E-state index in [4.69, 9.17) is 14.6 Å². The number of ether oxygens (including phenoxy) is 2. The van der Waals surface area contributed by atoms with Crippen molar-refractivity contribution in [2.75, 3.05) is 13.2 Å². The number of hydrogen-bond donors (Lipinski definition) is 3. The minimum atomic E-state index is -1.54. The molecule has 1 aliphatic rings. The lowest BCUT2D eigenvalue weighted by Gasteiger charge is -2.17. The first-order valence-electron chi connectivity index (χ1n) is 8.44. The van der Waals surface area contributed by atoms with Crippen molar-refractivity contribution >= 4 is 5.97 Å². The number of carbonyl (C=O) groups excluding carboxylic acids is 1. The number of esters is 1. The molecule has 1 aliphatic heterocycles. The molecule has 2 heterocycles. The van der Waals surface area contributed by atoms with Gasteiger partial charge in [0.15, 0.2) is 12.0 Å². The molecule has 9 nitrogen and oxygen atoms in total. The van der Waals surface area contributed by atoms with Crippen molar-refractivity contribution in [3.8, 4) is 0 Å². The van der Waals surface area contributed by atoms with E-state index in [0.717, 1.165) is 19.0 Å². The first kappa shape index (κ1) is 20.4. The average molecular weight is 374 g/mol. The number of aliphatic hydroxyl groups excluding tert-OH is 3. The Hall–Kier alpha value is -1.88. The Morgan fingerprint density at radius 1 is 1.38 bits per heavy atom. The second-order valence-electron chi connectivity index (χ2n) is 6.06. The number of rotatable bonds is 8. The zero-order chi connectivity index (χ0) is 19.3. The fraction of sp³-hybridized carbons (Fsp3) is 0.688. The molecule has 0 aliphatic carbocycles. The van der Waals surface area contributed by atoms with Crippen LogP contribution in [0.5, 0.6) is 0 Å². The van der Waals surface area contributed by atoms with E-state index in [-0.39, 0.29) is 12.3 Å². The molecule has 0 spiro atoms. The molecule has 0 bridgehead atoms. The van der Waals surface area contributed by atoms with Crippen molar-refractivity contribution in [2.24, 2.45) is 0 Å². The molecule has 1 fully saturated rings. The number of aliphatic hydroxyl groups is 3. The van der Waals surface area contributed by atoms with E-state index in [1.165, 1.54) is 0 Å². The van der Waals surface area contributed by atoms with Gasteiger partial charge in [-0.25, -0.2) is 9.18 Å². The van der Waals surface area contributed by atoms with Crippen molar-refractivity contribution in [1.29, 1.82) is 0 Å². The Kier molecular flexibility index (Phi) is 7.21. The van der Waals surface area contributed by atoms with Crippen LogP contribution in [0.25, 0.3) is 0 Å². The molecule has 0 unspecified atom stereocenters. The smallest absolute Gasteiger partial charge is 0.350 e. The topological polar surface area (TPSA) is 131 Å². The van der Waals surface area contributed by atoms with E-state index in [9.17, 15) is 24.2 Å². The van der Waals surface area contributed by atoms with Crippen LogP contribution in [0.4, 0.5) is 4.39 Å². The van der Waals surface area contributed by atoms with Crippen LogP contribution in [-0.4, -0.2) is 62.4 Å². The molecule has 4 atom stereocenters. The molecule has 0 radical (unpaired) electrons. The highest BCUT2D eigenvalue weighted by atomic mass is 19.1. The number of nitrogens with zero attached hydrogens (tertiary/aromatic N) is 2. The third-order valence-corrected chi connectivity index (χ3v) is 4.09. The molecule has 3 N–H and O–H groups in total. The van der Waals surface area contributed by atoms with Crippen LogP contribution in [-0.2, 0) is 20.7 Å². The summed E-state index contributed by atoms with van der Waals surface area (Å²) in [5.74, 6) is -1.65. The number of hydrogen-bond acceptors (Lipinski definition) is 8. The van der Waals surface area contributed by atoms with E-state index in [1.807, 2.05) is 6.92 Å². The maximum absolute atomic E-state index is 14.2. The number of halogens is 1. The highest BCUT2D eigenvalue weighted by Gasteiger charge is 2.44. The summed E-state index contributed by atoms with van der Waals surface area (Å²) in [4.78, 5) is 27.3. The molecule has 0 amide bonds. The lowest BCUT2D eigenvalue weighted by atomic mass is 10.1. The van der Waals surface area contributed by atoms with Crippen LogP contribution in [0.15, 0.2) is 11.0 Å². The third-order valence-electron chi connectivity index (χ3n) is 4.09. The van der Waals surface area contributed by atoms with Gasteiger partial charge in [0, 0.05) is 6.20 Å². The third kappa shape index (κ3) is 4.64. The first-order chi connectivity index (χ1) is 12.4. The molecular formula is C16H23FN2O7. The zero-order valence-corrected chi connectivity index (χ0v) is 14.4. The van der Waals surface area contributed by atoms with Gasteiger partial charge in [-0.2, -0.15) is 4.98 Å². The van der Waals surface area contributed by atoms with E-state index < -0.39 is 55.0 Å². The number of unbranched alkanes of at least 4 members (excludes halogenated alkanes) is 2. The van der Waals surface area contributed by atoms with Crippen LogP contribution in [0.1, 0.15) is 38.1 Å². The van der Waals surface area contributed by atoms with Crippen LogP contribution in [0, 0.1) is 5.82 Å². The summed E-state index contributed by atoms with van der Waals surface area (Å²) >= 11 is 0. The quantitative estimate of drug-likeness (QED) is 0.401. The number of carbonyl (C=O) groups is 1. The van der Waals surface area contributed by atoms with Gasteiger partial charge in [-0.3, -0.25) is 9.36 Å². The summed E-state index contributed by atoms with van der Waals surface area (Å²) in [7, 11) is 0. The lowest BCUT2D eigenvalue weighted by Crippen LogP contribution is -2.36. The standard InChI is InChI=1S/C16H23FN2O7/c1-2-3-4-5-25-12(21)6-10-9(17)7-19(16(24)18-10)15-14(23)13(22)11(8-20)26-15/h7,11,13-15,20,22-23H,2-6,8H2,1H3/t11-,13-,14-,15-/m1/s1. The van der Waals surface area contributed by atoms with Gasteiger partial charge in [-0.15, -0.1) is 0 Å². The highest BCUT2D eigenvalue weighted by Crippen LogP contribution is 2.28. The largest absolute Gasteiger partial charge is 0.465 e. The molecular weight excluding hydrogens is 351 g/mol. The monoisotopic (exact) mass is 374 g/mol. The van der Waals surface area contributed by atoms with Gasteiger partial charge < -0.3 is 24.8 Å². The molecule has 1 aromatic heterocycles. The SMILES string of the molecule is CCCCCOC(=O)Cc1nc(=O)n([C@@H]2O[C@H](CO)[C@@H](O)[C@H]2O)cc1F. The second kappa shape index (κ2) is 9.17. The van der Waals surface area contributed by atoms with E-state index in [1.54, 1.807) is 0 Å². The molecule has 26 heavy (non-hydrogen) atoms. The Bertz CT molecular complexity index is 681. The minimum absolute atomic E-state index is 0.216. The van der Waals surface area contributed by atoms with Gasteiger partial charge in [0.2, 0.25) is 0 Å². The molecule has 2 rings (SSSR count).